The molecule has 2 aliphatic rings. The van der Waals surface area contributed by atoms with Gasteiger partial charge >= 0.3 is 12.1 Å². The number of ether oxygens (including phenoxy) is 4. The van der Waals surface area contributed by atoms with Gasteiger partial charge in [-0.15, -0.1) is 23.1 Å². The Kier molecular flexibility index (Phi) is 7.20. The molecule has 2 aliphatic heterocycles. The molecule has 3 N–H and O–H groups in total. The Hall–Kier alpha value is -2.61. The van der Waals surface area contributed by atoms with E-state index in [2.05, 4.69) is 5.32 Å². The molecular formula is C18H21N3O8S2. The van der Waals surface area contributed by atoms with Crippen LogP contribution >= 0.6 is 23.1 Å². The highest BCUT2D eigenvalue weighted by Crippen LogP contribution is 2.46. The molecule has 0 radical (unpaired) electrons. The molecule has 2 atom stereocenters. The van der Waals surface area contributed by atoms with Crippen LogP contribution < -0.4 is 11.1 Å². The van der Waals surface area contributed by atoms with Crippen molar-refractivity contribution in [1.29, 1.82) is 0 Å². The van der Waals surface area contributed by atoms with Crippen LogP contribution in [0.15, 0.2) is 28.8 Å². The first-order valence-corrected chi connectivity index (χ1v) is 10.9. The van der Waals surface area contributed by atoms with E-state index in [-0.39, 0.29) is 31.3 Å². The lowest BCUT2D eigenvalue weighted by atomic mass is 9.98. The van der Waals surface area contributed by atoms with E-state index in [1.165, 1.54) is 42.2 Å². The number of methoxy groups -OCH3 is 2. The van der Waals surface area contributed by atoms with Gasteiger partial charge in [-0.3, -0.25) is 14.5 Å². The third-order valence-electron chi connectivity index (χ3n) is 4.56. The molecule has 1 aromatic heterocycles. The van der Waals surface area contributed by atoms with Crippen LogP contribution in [0.2, 0.25) is 0 Å². The van der Waals surface area contributed by atoms with Crippen LogP contribution in [0.5, 0.6) is 0 Å². The highest BCUT2D eigenvalue weighted by Gasteiger charge is 2.66. The van der Waals surface area contributed by atoms with Gasteiger partial charge in [0, 0.05) is 30.4 Å². The van der Waals surface area contributed by atoms with Gasteiger partial charge in [0.05, 0.1) is 6.42 Å². The number of carbonyl (C=O) groups excluding carboxylic acids is 4. The van der Waals surface area contributed by atoms with Crippen molar-refractivity contribution >= 4 is 47.0 Å². The molecular weight excluding hydrogens is 450 g/mol. The van der Waals surface area contributed by atoms with Crippen molar-refractivity contribution in [2.24, 2.45) is 5.73 Å². The molecule has 1 aromatic rings. The zero-order valence-electron chi connectivity index (χ0n) is 16.7. The Labute approximate surface area is 185 Å². The highest BCUT2D eigenvalue weighted by atomic mass is 32.2. The lowest BCUT2D eigenvalue weighted by molar-refractivity contribution is -0.193. The number of thioether (sulfide) groups is 1. The fourth-order valence-corrected chi connectivity index (χ4v) is 5.33. The number of amides is 3. The predicted octanol–water partition coefficient (Wildman–Crippen LogP) is 0.161. The van der Waals surface area contributed by atoms with E-state index in [0.717, 1.165) is 4.88 Å². The number of nitrogens with two attached hydrogens (primary N) is 1. The fraction of sp³-hybridized carbons (Fsp3) is 0.444. The normalized spacial score (nSPS) is 22.5. The molecule has 13 heteroatoms. The number of thiophene rings is 1. The van der Waals surface area contributed by atoms with Crippen LogP contribution in [-0.4, -0.2) is 73.2 Å². The van der Waals surface area contributed by atoms with E-state index in [0.29, 0.717) is 5.57 Å². The predicted molar refractivity (Wildman–Crippen MR) is 110 cm³/mol. The number of fused-ring (bicyclic) bond motifs is 1. The van der Waals surface area contributed by atoms with Gasteiger partial charge in [0.2, 0.25) is 5.91 Å². The topological polar surface area (TPSA) is 146 Å². The Morgan fingerprint density at radius 2 is 2.10 bits per heavy atom. The summed E-state index contributed by atoms with van der Waals surface area (Å²) in [6.45, 7) is -0.625. The molecule has 0 aromatic carbocycles. The monoisotopic (exact) mass is 471 g/mol. The summed E-state index contributed by atoms with van der Waals surface area (Å²) in [6, 6.07) is 3.64. The van der Waals surface area contributed by atoms with Crippen LogP contribution in [0.25, 0.3) is 0 Å². The summed E-state index contributed by atoms with van der Waals surface area (Å²) in [7, 11) is 2.64. The number of primary amides is 1. The minimum absolute atomic E-state index is 0.0870. The lowest BCUT2D eigenvalue weighted by Gasteiger charge is -2.55. The summed E-state index contributed by atoms with van der Waals surface area (Å²) in [5.41, 5.74) is 3.63. The van der Waals surface area contributed by atoms with Gasteiger partial charge in [-0.1, -0.05) is 6.07 Å². The Bertz CT molecular complexity index is 904. The van der Waals surface area contributed by atoms with Crippen molar-refractivity contribution in [3.05, 3.63) is 33.7 Å². The maximum atomic E-state index is 13.1. The summed E-state index contributed by atoms with van der Waals surface area (Å²) in [5, 5.41) is 3.79. The maximum Gasteiger partial charge on any atom is 0.404 e. The number of nitrogens with zero attached hydrogens (tertiary/aromatic N) is 1. The van der Waals surface area contributed by atoms with Crippen molar-refractivity contribution in [2.45, 2.75) is 17.5 Å². The average Bonchev–Trinajstić information content (AvgIpc) is 3.26. The van der Waals surface area contributed by atoms with Gasteiger partial charge in [-0.2, -0.15) is 0 Å². The van der Waals surface area contributed by atoms with Crippen molar-refractivity contribution in [2.75, 3.05) is 33.4 Å². The molecule has 1 saturated heterocycles. The third kappa shape index (κ3) is 4.54. The fourth-order valence-electron chi connectivity index (χ4n) is 3.20. The second kappa shape index (κ2) is 9.68. The second-order valence-corrected chi connectivity index (χ2v) is 8.58. The first kappa shape index (κ1) is 23.1. The van der Waals surface area contributed by atoms with E-state index in [4.69, 9.17) is 24.7 Å². The molecule has 168 valence electrons. The second-order valence-electron chi connectivity index (χ2n) is 6.48. The van der Waals surface area contributed by atoms with E-state index >= 15 is 0 Å². The molecule has 1 fully saturated rings. The van der Waals surface area contributed by atoms with Crippen molar-refractivity contribution < 1.29 is 38.1 Å². The number of β-lactam (4-membered cyclic amide) rings is 1. The lowest BCUT2D eigenvalue weighted by Crippen LogP contribution is -2.80. The first-order valence-electron chi connectivity index (χ1n) is 8.98. The van der Waals surface area contributed by atoms with Gasteiger partial charge in [-0.05, 0) is 11.4 Å². The van der Waals surface area contributed by atoms with Gasteiger partial charge in [0.15, 0.2) is 6.79 Å². The largest absolute Gasteiger partial charge is 0.445 e. The molecule has 3 amide bonds. The Morgan fingerprint density at radius 3 is 2.71 bits per heavy atom. The van der Waals surface area contributed by atoms with Crippen LogP contribution in [0.4, 0.5) is 4.79 Å². The zero-order chi connectivity index (χ0) is 22.6. The number of rotatable bonds is 9. The molecule has 0 saturated carbocycles. The summed E-state index contributed by atoms with van der Waals surface area (Å²) in [5.74, 6) is -1.66. The van der Waals surface area contributed by atoms with Crippen LogP contribution in [-0.2, 0) is 39.8 Å². The molecule has 0 bridgehead atoms. The van der Waals surface area contributed by atoms with Crippen LogP contribution in [0.3, 0.4) is 0 Å². The average molecular weight is 472 g/mol. The van der Waals surface area contributed by atoms with Gasteiger partial charge < -0.3 is 30.0 Å². The van der Waals surface area contributed by atoms with Gasteiger partial charge in [-0.25, -0.2) is 9.59 Å². The molecule has 3 heterocycles. The van der Waals surface area contributed by atoms with E-state index in [1.807, 2.05) is 17.5 Å². The SMILES string of the molecule is COCOC(=O)C1=C(COC(N)=O)CS[C@H]2N1C(=O)[C@]2(NC(=O)Cc1cccs1)OC. The molecule has 3 rings (SSSR count). The summed E-state index contributed by atoms with van der Waals surface area (Å²) in [4.78, 5) is 51.3. The number of hydrogen-bond acceptors (Lipinski definition) is 10. The first-order chi connectivity index (χ1) is 14.8. The number of hydrogen-bond donors (Lipinski definition) is 2. The maximum absolute atomic E-state index is 13.1. The molecule has 0 spiro atoms. The minimum atomic E-state index is -1.64. The van der Waals surface area contributed by atoms with Gasteiger partial charge in [0.25, 0.3) is 11.6 Å². The zero-order valence-corrected chi connectivity index (χ0v) is 18.4. The quantitative estimate of drug-likeness (QED) is 0.292. The summed E-state index contributed by atoms with van der Waals surface area (Å²) in [6.07, 6.45) is -0.935. The highest BCUT2D eigenvalue weighted by molar-refractivity contribution is 8.00. The standard InChI is InChI=1S/C18H21N3O8S2/c1-26-9-29-14(23)13-10(7-28-17(19)25)8-31-16-18(27-2,15(24)21(13)16)20-12(22)6-11-4-3-5-30-11/h3-5,16H,6-9H2,1-2H3,(H2,19,25)(H,20,22)/t16-,18+/m1/s1. The third-order valence-corrected chi connectivity index (χ3v) is 6.81. The van der Waals surface area contributed by atoms with Crippen molar-refractivity contribution in [1.82, 2.24) is 10.2 Å². The minimum Gasteiger partial charge on any atom is -0.445 e. The van der Waals surface area contributed by atoms with E-state index in [1.54, 1.807) is 0 Å². The van der Waals surface area contributed by atoms with Crippen LogP contribution in [0, 0.1) is 0 Å². The van der Waals surface area contributed by atoms with E-state index in [9.17, 15) is 19.2 Å². The summed E-state index contributed by atoms with van der Waals surface area (Å²) >= 11 is 2.66. The smallest absolute Gasteiger partial charge is 0.404 e. The molecule has 11 nitrogen and oxygen atoms in total. The Balaban J connectivity index is 1.83. The number of nitrogens with one attached hydrogen (secondary N) is 1. The van der Waals surface area contributed by atoms with Crippen molar-refractivity contribution in [3.63, 3.8) is 0 Å². The Morgan fingerprint density at radius 1 is 1.32 bits per heavy atom. The molecule has 0 unspecified atom stereocenters. The van der Waals surface area contributed by atoms with E-state index < -0.39 is 35.0 Å². The van der Waals surface area contributed by atoms with Crippen LogP contribution in [0.1, 0.15) is 4.88 Å². The molecule has 31 heavy (non-hydrogen) atoms. The molecule has 0 aliphatic carbocycles. The van der Waals surface area contributed by atoms with Crippen molar-refractivity contribution in [3.8, 4) is 0 Å². The number of carbonyl (C=O) groups is 4. The number of esters is 1. The summed E-state index contributed by atoms with van der Waals surface area (Å²) < 4.78 is 20.0. The van der Waals surface area contributed by atoms with Gasteiger partial charge in [0.1, 0.15) is 17.7 Å².